The number of hydrogen-bond donors (Lipinski definition) is 0. The molecule has 0 aliphatic carbocycles. The molecule has 1 atom stereocenters. The Bertz CT molecular complexity index is 595. The van der Waals surface area contributed by atoms with Crippen LogP contribution in [0, 0.1) is 0 Å². The average Bonchev–Trinajstić information content (AvgIpc) is 3.06. The van der Waals surface area contributed by atoms with Gasteiger partial charge in [-0.2, -0.15) is 0 Å². The van der Waals surface area contributed by atoms with Crippen LogP contribution in [0.25, 0.3) is 0 Å². The van der Waals surface area contributed by atoms with E-state index in [0.717, 1.165) is 18.1 Å². The minimum absolute atomic E-state index is 0.00227. The minimum Gasteiger partial charge on any atom is -0.333 e. The topological polar surface area (TPSA) is 71.3 Å². The van der Waals surface area contributed by atoms with E-state index in [1.165, 1.54) is 0 Å². The van der Waals surface area contributed by atoms with Crippen LogP contribution < -0.4 is 0 Å². The second-order valence-corrected chi connectivity index (χ2v) is 6.54. The Balaban J connectivity index is 1.72. The number of carbonyl (C=O) groups excluding carboxylic acids is 2. The third-order valence-electron chi connectivity index (χ3n) is 4.42. The summed E-state index contributed by atoms with van der Waals surface area (Å²) >= 11 is 0. The molecule has 0 spiro atoms. The quantitative estimate of drug-likeness (QED) is 0.833. The summed E-state index contributed by atoms with van der Waals surface area (Å²) in [6, 6.07) is 0.161. The minimum atomic E-state index is 0.00227. The van der Waals surface area contributed by atoms with E-state index in [-0.39, 0.29) is 24.4 Å². The zero-order chi connectivity index (χ0) is 15.9. The zero-order valence-corrected chi connectivity index (χ0v) is 13.4. The molecule has 120 valence electrons. The van der Waals surface area contributed by atoms with Gasteiger partial charge < -0.3 is 14.4 Å². The van der Waals surface area contributed by atoms with Gasteiger partial charge in [-0.3, -0.25) is 9.59 Å². The van der Waals surface area contributed by atoms with Gasteiger partial charge in [-0.15, -0.1) is 10.2 Å². The first-order chi connectivity index (χ1) is 10.5. The van der Waals surface area contributed by atoms with E-state index in [9.17, 15) is 9.59 Å². The maximum atomic E-state index is 12.5. The number of amides is 2. The van der Waals surface area contributed by atoms with Crippen LogP contribution >= 0.6 is 0 Å². The summed E-state index contributed by atoms with van der Waals surface area (Å²) in [5.41, 5.74) is 0. The van der Waals surface area contributed by atoms with E-state index in [1.807, 2.05) is 0 Å². The lowest BCUT2D eigenvalue weighted by Gasteiger charge is -2.34. The molecule has 22 heavy (non-hydrogen) atoms. The first-order valence-corrected chi connectivity index (χ1v) is 7.96. The van der Waals surface area contributed by atoms with Crippen LogP contribution in [0.4, 0.5) is 0 Å². The molecule has 0 saturated carbocycles. The lowest BCUT2D eigenvalue weighted by atomic mass is 10.1. The molecule has 0 N–H and O–H groups in total. The Labute approximate surface area is 130 Å². The monoisotopic (exact) mass is 305 g/mol. The van der Waals surface area contributed by atoms with Crippen LogP contribution in [0.1, 0.15) is 57.2 Å². The van der Waals surface area contributed by atoms with Crippen molar-refractivity contribution in [3.8, 4) is 0 Å². The van der Waals surface area contributed by atoms with Crippen LogP contribution in [0.3, 0.4) is 0 Å². The summed E-state index contributed by atoms with van der Waals surface area (Å²) in [5.74, 6) is 2.21. The van der Waals surface area contributed by atoms with Crippen molar-refractivity contribution in [1.82, 2.24) is 24.6 Å². The molecule has 2 aliphatic heterocycles. The molecule has 1 fully saturated rings. The third-order valence-corrected chi connectivity index (χ3v) is 4.42. The van der Waals surface area contributed by atoms with E-state index in [1.54, 1.807) is 9.80 Å². The molecule has 1 saturated heterocycles. The molecule has 3 heterocycles. The van der Waals surface area contributed by atoms with Gasteiger partial charge in [0.25, 0.3) is 0 Å². The highest BCUT2D eigenvalue weighted by Crippen LogP contribution is 2.25. The number of hydrogen-bond acceptors (Lipinski definition) is 4. The van der Waals surface area contributed by atoms with Gasteiger partial charge in [0.15, 0.2) is 5.82 Å². The van der Waals surface area contributed by atoms with Gasteiger partial charge in [0.05, 0.1) is 19.1 Å². The molecular formula is C15H23N5O2. The fraction of sp³-hybridized carbons (Fsp3) is 0.733. The van der Waals surface area contributed by atoms with Gasteiger partial charge in [0.2, 0.25) is 11.8 Å². The van der Waals surface area contributed by atoms with Crippen molar-refractivity contribution in [3.05, 3.63) is 11.6 Å². The molecule has 0 radical (unpaired) electrons. The van der Waals surface area contributed by atoms with E-state index in [2.05, 4.69) is 35.5 Å². The van der Waals surface area contributed by atoms with Crippen LogP contribution in [0.2, 0.25) is 0 Å². The molecule has 0 bridgehead atoms. The van der Waals surface area contributed by atoms with Gasteiger partial charge >= 0.3 is 0 Å². The van der Waals surface area contributed by atoms with Crippen molar-refractivity contribution in [2.75, 3.05) is 19.6 Å². The first kappa shape index (κ1) is 15.0. The molecule has 1 aromatic heterocycles. The van der Waals surface area contributed by atoms with E-state index in [0.29, 0.717) is 32.0 Å². The molecule has 7 nitrogen and oxygen atoms in total. The summed E-state index contributed by atoms with van der Waals surface area (Å²) in [7, 11) is 0. The molecule has 0 unspecified atom stereocenters. The molecule has 1 aromatic rings. The zero-order valence-electron chi connectivity index (χ0n) is 13.4. The molecule has 3 rings (SSSR count). The Kier molecular flexibility index (Phi) is 3.88. The number of aromatic nitrogens is 3. The lowest BCUT2D eigenvalue weighted by molar-refractivity contribution is -0.139. The Hall–Kier alpha value is -1.92. The smallest absolute Gasteiger partial charge is 0.242 e. The van der Waals surface area contributed by atoms with E-state index < -0.39 is 0 Å². The molecular weight excluding hydrogens is 282 g/mol. The van der Waals surface area contributed by atoms with Crippen molar-refractivity contribution < 1.29 is 9.59 Å². The van der Waals surface area contributed by atoms with Gasteiger partial charge in [-0.05, 0) is 13.3 Å². The van der Waals surface area contributed by atoms with Crippen LogP contribution in [-0.2, 0) is 16.1 Å². The van der Waals surface area contributed by atoms with Crippen molar-refractivity contribution in [1.29, 1.82) is 0 Å². The standard InChI is InChI=1S/C15H23N5O2/c1-10(2)15-17-16-12-8-19(7-11(3)20(12)15)14(22)9-18-6-4-5-13(18)21/h10-11H,4-9H2,1-3H3/t11-/m0/s1. The maximum Gasteiger partial charge on any atom is 0.242 e. The highest BCUT2D eigenvalue weighted by Gasteiger charge is 2.31. The number of likely N-dealkylation sites (tertiary alicyclic amines) is 1. The maximum absolute atomic E-state index is 12.5. The van der Waals surface area contributed by atoms with Gasteiger partial charge in [0.1, 0.15) is 5.82 Å². The molecule has 7 heteroatoms. The van der Waals surface area contributed by atoms with Crippen molar-refractivity contribution in [3.63, 3.8) is 0 Å². The number of nitrogens with zero attached hydrogens (tertiary/aromatic N) is 5. The number of carbonyl (C=O) groups is 2. The number of rotatable bonds is 3. The molecule has 0 aromatic carbocycles. The fourth-order valence-corrected chi connectivity index (χ4v) is 3.28. The third kappa shape index (κ3) is 2.60. The summed E-state index contributed by atoms with van der Waals surface area (Å²) in [4.78, 5) is 27.6. The Morgan fingerprint density at radius 2 is 2.14 bits per heavy atom. The van der Waals surface area contributed by atoms with Crippen molar-refractivity contribution in [2.24, 2.45) is 0 Å². The SMILES string of the molecule is CC(C)c1nnc2n1[C@@H](C)CN(C(=O)CN1CCCC1=O)C2. The lowest BCUT2D eigenvalue weighted by Crippen LogP contribution is -2.45. The number of fused-ring (bicyclic) bond motifs is 1. The molecule has 2 aliphatic rings. The van der Waals surface area contributed by atoms with Gasteiger partial charge in [-0.1, -0.05) is 13.8 Å². The second-order valence-electron chi connectivity index (χ2n) is 6.54. The average molecular weight is 305 g/mol. The summed E-state index contributed by atoms with van der Waals surface area (Å²) in [6.45, 7) is 8.29. The van der Waals surface area contributed by atoms with Crippen LogP contribution in [0.15, 0.2) is 0 Å². The molecule has 2 amide bonds. The van der Waals surface area contributed by atoms with E-state index >= 15 is 0 Å². The Morgan fingerprint density at radius 3 is 2.77 bits per heavy atom. The van der Waals surface area contributed by atoms with Crippen molar-refractivity contribution >= 4 is 11.8 Å². The predicted molar refractivity (Wildman–Crippen MR) is 80.1 cm³/mol. The highest BCUT2D eigenvalue weighted by molar-refractivity contribution is 5.85. The van der Waals surface area contributed by atoms with Crippen molar-refractivity contribution in [2.45, 2.75) is 52.1 Å². The largest absolute Gasteiger partial charge is 0.333 e. The fourth-order valence-electron chi connectivity index (χ4n) is 3.28. The summed E-state index contributed by atoms with van der Waals surface area (Å²) < 4.78 is 2.15. The first-order valence-electron chi connectivity index (χ1n) is 7.96. The van der Waals surface area contributed by atoms with Crippen LogP contribution in [0.5, 0.6) is 0 Å². The predicted octanol–water partition coefficient (Wildman–Crippen LogP) is 0.927. The van der Waals surface area contributed by atoms with Crippen LogP contribution in [-0.4, -0.2) is 56.0 Å². The van der Waals surface area contributed by atoms with E-state index in [4.69, 9.17) is 0 Å². The summed E-state index contributed by atoms with van der Waals surface area (Å²) in [5, 5.41) is 8.51. The van der Waals surface area contributed by atoms with Gasteiger partial charge in [-0.25, -0.2) is 0 Å². The normalized spacial score (nSPS) is 21.6. The second kappa shape index (κ2) is 5.70. The Morgan fingerprint density at radius 1 is 1.36 bits per heavy atom. The highest BCUT2D eigenvalue weighted by atomic mass is 16.2. The van der Waals surface area contributed by atoms with Gasteiger partial charge in [0, 0.05) is 25.4 Å². The summed E-state index contributed by atoms with van der Waals surface area (Å²) in [6.07, 6.45) is 1.42.